The first-order chi connectivity index (χ1) is 13.4. The molecule has 6 nitrogen and oxygen atoms in total. The van der Waals surface area contributed by atoms with Crippen molar-refractivity contribution < 1.29 is 14.5 Å². The standard InChI is InChI=1S/C21H25ClN4O2/c1-15-6-7-19(16(2)12-15)23-21(28)24-20(27)14-25-8-10-26(11-9-25)18-5-3-4-17(22)13-18/h3-7,12-13H,8-11,14H2,1-2H3,(H2,23,24,27,28)/p+1. The summed E-state index contributed by atoms with van der Waals surface area (Å²) in [5.41, 5.74) is 3.90. The summed E-state index contributed by atoms with van der Waals surface area (Å²) in [6.07, 6.45) is 0. The van der Waals surface area contributed by atoms with Crippen molar-refractivity contribution in [3.05, 3.63) is 58.6 Å². The molecular weight excluding hydrogens is 376 g/mol. The van der Waals surface area contributed by atoms with Crippen molar-refractivity contribution in [1.82, 2.24) is 5.32 Å². The number of nitrogens with zero attached hydrogens (tertiary/aromatic N) is 1. The van der Waals surface area contributed by atoms with Crippen molar-refractivity contribution in [3.63, 3.8) is 0 Å². The average molecular weight is 402 g/mol. The lowest BCUT2D eigenvalue weighted by Crippen LogP contribution is -3.16. The van der Waals surface area contributed by atoms with Gasteiger partial charge < -0.3 is 15.1 Å². The number of amides is 3. The van der Waals surface area contributed by atoms with Crippen LogP contribution in [-0.2, 0) is 4.79 Å². The van der Waals surface area contributed by atoms with Gasteiger partial charge in [-0.1, -0.05) is 35.4 Å². The van der Waals surface area contributed by atoms with Crippen LogP contribution in [0.15, 0.2) is 42.5 Å². The number of anilines is 2. The van der Waals surface area contributed by atoms with Gasteiger partial charge in [0.05, 0.1) is 26.2 Å². The number of rotatable bonds is 4. The molecule has 2 aromatic rings. The Hall–Kier alpha value is -2.57. The van der Waals surface area contributed by atoms with E-state index in [2.05, 4.69) is 15.5 Å². The van der Waals surface area contributed by atoms with Gasteiger partial charge in [-0.2, -0.15) is 0 Å². The van der Waals surface area contributed by atoms with E-state index in [4.69, 9.17) is 11.6 Å². The maximum Gasteiger partial charge on any atom is 0.326 e. The van der Waals surface area contributed by atoms with Crippen LogP contribution in [0.2, 0.25) is 5.02 Å². The Morgan fingerprint density at radius 2 is 1.86 bits per heavy atom. The Kier molecular flexibility index (Phi) is 6.54. The second kappa shape index (κ2) is 9.08. The molecule has 2 aromatic carbocycles. The fraction of sp³-hybridized carbons (Fsp3) is 0.333. The summed E-state index contributed by atoms with van der Waals surface area (Å²) in [6, 6.07) is 13.1. The van der Waals surface area contributed by atoms with Crippen LogP contribution in [-0.4, -0.2) is 44.7 Å². The van der Waals surface area contributed by atoms with E-state index in [0.29, 0.717) is 5.69 Å². The summed E-state index contributed by atoms with van der Waals surface area (Å²) < 4.78 is 0. The van der Waals surface area contributed by atoms with Gasteiger partial charge in [0.2, 0.25) is 0 Å². The van der Waals surface area contributed by atoms with Crippen LogP contribution in [0.1, 0.15) is 11.1 Å². The predicted molar refractivity (Wildman–Crippen MR) is 112 cm³/mol. The number of hydrogen-bond donors (Lipinski definition) is 3. The van der Waals surface area contributed by atoms with E-state index < -0.39 is 6.03 Å². The highest BCUT2D eigenvalue weighted by atomic mass is 35.5. The van der Waals surface area contributed by atoms with Gasteiger partial charge in [0.15, 0.2) is 6.54 Å². The molecule has 0 bridgehead atoms. The minimum atomic E-state index is -0.492. The molecule has 1 aliphatic rings. The maximum absolute atomic E-state index is 12.2. The van der Waals surface area contributed by atoms with Crippen molar-refractivity contribution in [1.29, 1.82) is 0 Å². The van der Waals surface area contributed by atoms with E-state index in [9.17, 15) is 9.59 Å². The van der Waals surface area contributed by atoms with Crippen molar-refractivity contribution in [2.75, 3.05) is 42.9 Å². The second-order valence-corrected chi connectivity index (χ2v) is 7.65. The van der Waals surface area contributed by atoms with Crippen LogP contribution in [0, 0.1) is 13.8 Å². The van der Waals surface area contributed by atoms with Gasteiger partial charge in [0, 0.05) is 16.4 Å². The molecule has 0 saturated carbocycles. The fourth-order valence-corrected chi connectivity index (χ4v) is 3.62. The third-order valence-corrected chi connectivity index (χ3v) is 5.17. The van der Waals surface area contributed by atoms with Crippen molar-refractivity contribution >= 4 is 34.9 Å². The normalized spacial score (nSPS) is 14.6. The lowest BCUT2D eigenvalue weighted by molar-refractivity contribution is -0.892. The van der Waals surface area contributed by atoms with Gasteiger partial charge in [-0.3, -0.25) is 10.1 Å². The number of aryl methyl sites for hydroxylation is 2. The van der Waals surface area contributed by atoms with Crippen LogP contribution < -0.4 is 20.4 Å². The van der Waals surface area contributed by atoms with Gasteiger partial charge in [0.1, 0.15) is 0 Å². The zero-order chi connectivity index (χ0) is 20.1. The number of hydrogen-bond acceptors (Lipinski definition) is 3. The van der Waals surface area contributed by atoms with E-state index in [1.165, 1.54) is 0 Å². The number of imide groups is 1. The number of quaternary nitrogens is 1. The average Bonchev–Trinajstić information content (AvgIpc) is 2.64. The number of carbonyl (C=O) groups is 2. The molecule has 0 aliphatic carbocycles. The van der Waals surface area contributed by atoms with Crippen LogP contribution >= 0.6 is 11.6 Å². The zero-order valence-corrected chi connectivity index (χ0v) is 17.0. The van der Waals surface area contributed by atoms with E-state index in [-0.39, 0.29) is 12.5 Å². The van der Waals surface area contributed by atoms with Crippen molar-refractivity contribution in [3.8, 4) is 0 Å². The van der Waals surface area contributed by atoms with Crippen molar-refractivity contribution in [2.45, 2.75) is 13.8 Å². The summed E-state index contributed by atoms with van der Waals surface area (Å²) in [5.74, 6) is -0.270. The first-order valence-corrected chi connectivity index (χ1v) is 9.80. The van der Waals surface area contributed by atoms with Crippen LogP contribution in [0.4, 0.5) is 16.2 Å². The lowest BCUT2D eigenvalue weighted by Gasteiger charge is -2.33. The SMILES string of the molecule is Cc1ccc(NC(=O)NC(=O)C[NH+]2CCN(c3cccc(Cl)c3)CC2)c(C)c1. The fourth-order valence-electron chi connectivity index (χ4n) is 3.44. The van der Waals surface area contributed by atoms with Crippen LogP contribution in [0.5, 0.6) is 0 Å². The molecule has 1 fully saturated rings. The predicted octanol–water partition coefficient (Wildman–Crippen LogP) is 2.01. The highest BCUT2D eigenvalue weighted by Gasteiger charge is 2.23. The summed E-state index contributed by atoms with van der Waals surface area (Å²) in [5, 5.41) is 5.89. The molecule has 1 aliphatic heterocycles. The molecule has 1 saturated heterocycles. The molecular formula is C21H26ClN4O2+. The molecule has 3 amide bonds. The van der Waals surface area contributed by atoms with E-state index in [0.717, 1.165) is 52.9 Å². The van der Waals surface area contributed by atoms with Gasteiger partial charge in [-0.15, -0.1) is 0 Å². The van der Waals surface area contributed by atoms with Gasteiger partial charge in [-0.05, 0) is 43.7 Å². The Balaban J connectivity index is 1.44. The summed E-state index contributed by atoms with van der Waals surface area (Å²) >= 11 is 6.06. The minimum absolute atomic E-state index is 0.270. The zero-order valence-electron chi connectivity index (χ0n) is 16.2. The smallest absolute Gasteiger partial charge is 0.326 e. The molecule has 7 heteroatoms. The Labute approximate surface area is 170 Å². The second-order valence-electron chi connectivity index (χ2n) is 7.21. The number of urea groups is 1. The van der Waals surface area contributed by atoms with E-state index >= 15 is 0 Å². The van der Waals surface area contributed by atoms with Crippen LogP contribution in [0.25, 0.3) is 0 Å². The molecule has 0 radical (unpaired) electrons. The number of halogens is 1. The van der Waals surface area contributed by atoms with Gasteiger partial charge in [0.25, 0.3) is 5.91 Å². The van der Waals surface area contributed by atoms with Gasteiger partial charge >= 0.3 is 6.03 Å². The molecule has 28 heavy (non-hydrogen) atoms. The Morgan fingerprint density at radius 3 is 2.54 bits per heavy atom. The number of nitrogens with one attached hydrogen (secondary N) is 3. The molecule has 3 N–H and O–H groups in total. The monoisotopic (exact) mass is 401 g/mol. The Morgan fingerprint density at radius 1 is 1.11 bits per heavy atom. The topological polar surface area (TPSA) is 65.9 Å². The van der Waals surface area contributed by atoms with E-state index in [1.807, 2.05) is 56.3 Å². The molecule has 0 spiro atoms. The largest absolute Gasteiger partial charge is 0.360 e. The number of benzene rings is 2. The summed E-state index contributed by atoms with van der Waals surface area (Å²) in [7, 11) is 0. The van der Waals surface area contributed by atoms with Crippen LogP contribution in [0.3, 0.4) is 0 Å². The first kappa shape index (κ1) is 20.2. The summed E-state index contributed by atoms with van der Waals surface area (Å²) in [4.78, 5) is 27.7. The molecule has 1 heterocycles. The maximum atomic E-state index is 12.2. The molecule has 0 atom stereocenters. The quantitative estimate of drug-likeness (QED) is 0.734. The third kappa shape index (κ3) is 5.47. The summed E-state index contributed by atoms with van der Waals surface area (Å²) in [6.45, 7) is 7.56. The number of piperazine rings is 1. The molecule has 0 aromatic heterocycles. The van der Waals surface area contributed by atoms with Crippen molar-refractivity contribution in [2.24, 2.45) is 0 Å². The Bertz CT molecular complexity index is 863. The highest BCUT2D eigenvalue weighted by Crippen LogP contribution is 2.19. The number of carbonyl (C=O) groups excluding carboxylic acids is 2. The van der Waals surface area contributed by atoms with E-state index in [1.54, 1.807) is 0 Å². The third-order valence-electron chi connectivity index (χ3n) is 4.94. The molecule has 0 unspecified atom stereocenters. The highest BCUT2D eigenvalue weighted by molar-refractivity contribution is 6.30. The first-order valence-electron chi connectivity index (χ1n) is 9.43. The molecule has 148 valence electrons. The minimum Gasteiger partial charge on any atom is -0.360 e. The molecule has 3 rings (SSSR count). The van der Waals surface area contributed by atoms with Gasteiger partial charge in [-0.25, -0.2) is 4.79 Å². The lowest BCUT2D eigenvalue weighted by atomic mass is 10.1.